The molecule has 1 aromatic carbocycles. The number of aliphatic hydroxyl groups excluding tert-OH is 1. The minimum Gasteiger partial charge on any atom is -0.388 e. The van der Waals surface area contributed by atoms with Crippen molar-refractivity contribution in [3.8, 4) is 0 Å². The smallest absolute Gasteiger partial charge is 0.226 e. The van der Waals surface area contributed by atoms with Crippen LogP contribution in [0.5, 0.6) is 0 Å². The van der Waals surface area contributed by atoms with E-state index in [0.717, 1.165) is 24.1 Å². The molecule has 0 aromatic heterocycles. The quantitative estimate of drug-likeness (QED) is 0.852. The van der Waals surface area contributed by atoms with Crippen LogP contribution in [-0.2, 0) is 11.2 Å². The second-order valence-electron chi connectivity index (χ2n) is 4.62. The predicted molar refractivity (Wildman–Crippen MR) is 68.0 cm³/mol. The average Bonchev–Trinajstić information content (AvgIpc) is 2.49. The van der Waals surface area contributed by atoms with Gasteiger partial charge in [-0.3, -0.25) is 4.79 Å². The molecule has 2 rings (SSSR count). The number of hydrogen-bond acceptors (Lipinski definition) is 2. The van der Waals surface area contributed by atoms with Gasteiger partial charge in [0, 0.05) is 19.2 Å². The number of carbonyl (C=O) groups is 1. The predicted octanol–water partition coefficient (Wildman–Crippen LogP) is 2.43. The van der Waals surface area contributed by atoms with Crippen molar-refractivity contribution in [3.63, 3.8) is 0 Å². The monoisotopic (exact) mass is 233 g/mol. The van der Waals surface area contributed by atoms with Crippen molar-refractivity contribution in [1.82, 2.24) is 0 Å². The Morgan fingerprint density at radius 2 is 2.18 bits per heavy atom. The van der Waals surface area contributed by atoms with Crippen LogP contribution >= 0.6 is 0 Å². The molecule has 1 aliphatic rings. The molecule has 0 bridgehead atoms. The van der Waals surface area contributed by atoms with Crippen LogP contribution in [0.3, 0.4) is 0 Å². The van der Waals surface area contributed by atoms with Crippen LogP contribution < -0.4 is 4.90 Å². The molecule has 0 saturated heterocycles. The lowest BCUT2D eigenvalue weighted by molar-refractivity contribution is -0.118. The first-order chi connectivity index (χ1) is 8.13. The summed E-state index contributed by atoms with van der Waals surface area (Å²) in [5.41, 5.74) is 3.11. The first-order valence-corrected chi connectivity index (χ1v) is 6.21. The Balaban J connectivity index is 2.38. The van der Waals surface area contributed by atoms with Crippen LogP contribution in [0, 0.1) is 0 Å². The fourth-order valence-corrected chi connectivity index (χ4v) is 2.31. The minimum absolute atomic E-state index is 0.174. The Morgan fingerprint density at radius 3 is 2.88 bits per heavy atom. The van der Waals surface area contributed by atoms with Crippen LogP contribution in [0.15, 0.2) is 18.2 Å². The number of nitrogens with zero attached hydrogens (tertiary/aromatic N) is 1. The molecular weight excluding hydrogens is 214 g/mol. The third kappa shape index (κ3) is 2.34. The van der Waals surface area contributed by atoms with Crippen LogP contribution in [0.25, 0.3) is 0 Å². The van der Waals surface area contributed by atoms with E-state index in [9.17, 15) is 9.90 Å². The summed E-state index contributed by atoms with van der Waals surface area (Å²) in [6.45, 7) is 1.96. The van der Waals surface area contributed by atoms with E-state index < -0.39 is 6.10 Å². The molecule has 1 atom stereocenters. The summed E-state index contributed by atoms with van der Waals surface area (Å²) in [4.78, 5) is 13.5. The van der Waals surface area contributed by atoms with Gasteiger partial charge in [0.1, 0.15) is 0 Å². The topological polar surface area (TPSA) is 40.5 Å². The van der Waals surface area contributed by atoms with Gasteiger partial charge < -0.3 is 10.0 Å². The van der Waals surface area contributed by atoms with Crippen molar-refractivity contribution in [2.45, 2.75) is 38.7 Å². The number of rotatable bonds is 2. The average molecular weight is 233 g/mol. The number of benzene rings is 1. The van der Waals surface area contributed by atoms with Crippen LogP contribution in [0.1, 0.15) is 43.4 Å². The van der Waals surface area contributed by atoms with E-state index in [1.807, 2.05) is 32.2 Å². The molecule has 1 aromatic rings. The van der Waals surface area contributed by atoms with E-state index in [0.29, 0.717) is 12.8 Å². The van der Waals surface area contributed by atoms with E-state index in [4.69, 9.17) is 0 Å². The number of amides is 1. The maximum Gasteiger partial charge on any atom is 0.226 e. The minimum atomic E-state index is -0.399. The summed E-state index contributed by atoms with van der Waals surface area (Å²) in [7, 11) is 1.82. The maximum absolute atomic E-state index is 11.7. The second kappa shape index (κ2) is 4.88. The van der Waals surface area contributed by atoms with Gasteiger partial charge in [-0.05, 0) is 36.5 Å². The molecule has 0 saturated carbocycles. The summed E-state index contributed by atoms with van der Waals surface area (Å²) < 4.78 is 0. The summed E-state index contributed by atoms with van der Waals surface area (Å²) in [6, 6.07) is 5.91. The van der Waals surface area contributed by atoms with Gasteiger partial charge in [-0.1, -0.05) is 19.1 Å². The number of hydrogen-bond donors (Lipinski definition) is 1. The van der Waals surface area contributed by atoms with E-state index in [2.05, 4.69) is 0 Å². The van der Waals surface area contributed by atoms with Crippen LogP contribution in [-0.4, -0.2) is 18.1 Å². The van der Waals surface area contributed by atoms with Gasteiger partial charge in [-0.25, -0.2) is 0 Å². The normalized spacial score (nSPS) is 17.6. The highest BCUT2D eigenvalue weighted by molar-refractivity contribution is 5.94. The molecule has 1 aliphatic heterocycles. The van der Waals surface area contributed by atoms with Crippen molar-refractivity contribution < 1.29 is 9.90 Å². The number of carbonyl (C=O) groups excluding carboxylic acids is 1. The summed E-state index contributed by atoms with van der Waals surface area (Å²) in [5, 5.41) is 9.84. The number of aryl methyl sites for hydroxylation is 1. The third-order valence-electron chi connectivity index (χ3n) is 3.45. The zero-order chi connectivity index (χ0) is 12.4. The molecule has 0 aliphatic carbocycles. The fraction of sp³-hybridized carbons (Fsp3) is 0.500. The molecule has 0 fully saturated rings. The highest BCUT2D eigenvalue weighted by atomic mass is 16.3. The molecule has 3 nitrogen and oxygen atoms in total. The Labute approximate surface area is 102 Å². The molecule has 92 valence electrons. The standard InChI is InChI=1S/C14H19NO2/c1-3-13(16)11-7-8-12-10(9-11)5-4-6-14(17)15(12)2/h7-9,13,16H,3-6H2,1-2H3. The summed E-state index contributed by atoms with van der Waals surface area (Å²) >= 11 is 0. The zero-order valence-electron chi connectivity index (χ0n) is 10.4. The number of anilines is 1. The van der Waals surface area contributed by atoms with Gasteiger partial charge in [0.2, 0.25) is 5.91 Å². The van der Waals surface area contributed by atoms with E-state index in [1.165, 1.54) is 5.56 Å². The lowest BCUT2D eigenvalue weighted by Gasteiger charge is -2.19. The highest BCUT2D eigenvalue weighted by Crippen LogP contribution is 2.29. The molecular formula is C14H19NO2. The van der Waals surface area contributed by atoms with Crippen molar-refractivity contribution >= 4 is 11.6 Å². The van der Waals surface area contributed by atoms with Crippen molar-refractivity contribution in [1.29, 1.82) is 0 Å². The zero-order valence-corrected chi connectivity index (χ0v) is 10.4. The van der Waals surface area contributed by atoms with Gasteiger partial charge >= 0.3 is 0 Å². The molecule has 3 heteroatoms. The van der Waals surface area contributed by atoms with Crippen molar-refractivity contribution in [2.24, 2.45) is 0 Å². The molecule has 1 heterocycles. The van der Waals surface area contributed by atoms with E-state index >= 15 is 0 Å². The van der Waals surface area contributed by atoms with Crippen molar-refractivity contribution in [2.75, 3.05) is 11.9 Å². The Kier molecular flexibility index (Phi) is 3.48. The molecule has 17 heavy (non-hydrogen) atoms. The largest absolute Gasteiger partial charge is 0.388 e. The molecule has 0 spiro atoms. The first kappa shape index (κ1) is 12.1. The lowest BCUT2D eigenvalue weighted by atomic mass is 10.0. The highest BCUT2D eigenvalue weighted by Gasteiger charge is 2.19. The van der Waals surface area contributed by atoms with E-state index in [-0.39, 0.29) is 5.91 Å². The first-order valence-electron chi connectivity index (χ1n) is 6.21. The Hall–Kier alpha value is -1.35. The van der Waals surface area contributed by atoms with Crippen LogP contribution in [0.2, 0.25) is 0 Å². The molecule has 0 radical (unpaired) electrons. The Morgan fingerprint density at radius 1 is 1.41 bits per heavy atom. The van der Waals surface area contributed by atoms with E-state index in [1.54, 1.807) is 4.90 Å². The van der Waals surface area contributed by atoms with Gasteiger partial charge in [0.05, 0.1) is 6.10 Å². The van der Waals surface area contributed by atoms with Gasteiger partial charge in [-0.2, -0.15) is 0 Å². The summed E-state index contributed by atoms with van der Waals surface area (Å²) in [6.07, 6.45) is 2.73. The SMILES string of the molecule is CCC(O)c1ccc2c(c1)CCCC(=O)N2C. The third-order valence-corrected chi connectivity index (χ3v) is 3.45. The fourth-order valence-electron chi connectivity index (χ4n) is 2.31. The molecule has 1 unspecified atom stereocenters. The lowest BCUT2D eigenvalue weighted by Crippen LogP contribution is -2.25. The van der Waals surface area contributed by atoms with Gasteiger partial charge in [0.15, 0.2) is 0 Å². The van der Waals surface area contributed by atoms with Crippen molar-refractivity contribution in [3.05, 3.63) is 29.3 Å². The number of fused-ring (bicyclic) bond motifs is 1. The number of aliphatic hydroxyl groups is 1. The molecule has 1 amide bonds. The molecule has 1 N–H and O–H groups in total. The maximum atomic E-state index is 11.7. The second-order valence-corrected chi connectivity index (χ2v) is 4.62. The van der Waals surface area contributed by atoms with Gasteiger partial charge in [-0.15, -0.1) is 0 Å². The van der Waals surface area contributed by atoms with Gasteiger partial charge in [0.25, 0.3) is 0 Å². The Bertz CT molecular complexity index is 428. The van der Waals surface area contributed by atoms with Crippen LogP contribution in [0.4, 0.5) is 5.69 Å². The summed E-state index contributed by atoms with van der Waals surface area (Å²) in [5.74, 6) is 0.174.